The van der Waals surface area contributed by atoms with Gasteiger partial charge in [0.2, 0.25) is 0 Å². The summed E-state index contributed by atoms with van der Waals surface area (Å²) in [7, 11) is 1.79. The average Bonchev–Trinajstić information content (AvgIpc) is 2.13. The highest BCUT2D eigenvalue weighted by Gasteiger charge is 2.25. The normalized spacial score (nSPS) is 28.9. The summed E-state index contributed by atoms with van der Waals surface area (Å²) in [6, 6.07) is -0.488. The average molecular weight is 163 g/mol. The smallest absolute Gasteiger partial charge is 0.253 e. The maximum atomic E-state index is 12.3. The van der Waals surface area contributed by atoms with Crippen LogP contribution in [0.3, 0.4) is 0 Å². The molecule has 0 aromatic rings. The number of halogens is 2. The first-order valence-electron chi connectivity index (χ1n) is 4.20. The SMILES string of the molecule is CN1CCCCC[C@H]1C(F)F. The van der Waals surface area contributed by atoms with Crippen LogP contribution in [0.5, 0.6) is 0 Å². The van der Waals surface area contributed by atoms with Gasteiger partial charge in [-0.15, -0.1) is 0 Å². The van der Waals surface area contributed by atoms with Gasteiger partial charge >= 0.3 is 0 Å². The summed E-state index contributed by atoms with van der Waals surface area (Å²) in [5.74, 6) is 0. The fourth-order valence-corrected chi connectivity index (χ4v) is 1.60. The van der Waals surface area contributed by atoms with E-state index >= 15 is 0 Å². The first-order valence-corrected chi connectivity index (χ1v) is 4.20. The van der Waals surface area contributed by atoms with Crippen molar-refractivity contribution < 1.29 is 8.78 Å². The van der Waals surface area contributed by atoms with Gasteiger partial charge in [-0.1, -0.05) is 12.8 Å². The molecule has 1 heterocycles. The third-order valence-corrected chi connectivity index (χ3v) is 2.37. The predicted octanol–water partition coefficient (Wildman–Crippen LogP) is 2.13. The zero-order valence-electron chi connectivity index (χ0n) is 6.89. The van der Waals surface area contributed by atoms with E-state index in [0.717, 1.165) is 25.8 Å². The van der Waals surface area contributed by atoms with E-state index in [-0.39, 0.29) is 0 Å². The van der Waals surface area contributed by atoms with Crippen LogP contribution in [0.25, 0.3) is 0 Å². The van der Waals surface area contributed by atoms with E-state index in [4.69, 9.17) is 0 Å². The van der Waals surface area contributed by atoms with Crippen LogP contribution < -0.4 is 0 Å². The van der Waals surface area contributed by atoms with Gasteiger partial charge in [-0.05, 0) is 26.4 Å². The van der Waals surface area contributed by atoms with E-state index < -0.39 is 12.5 Å². The fraction of sp³-hybridized carbons (Fsp3) is 1.00. The van der Waals surface area contributed by atoms with Crippen LogP contribution in [0.4, 0.5) is 8.78 Å². The van der Waals surface area contributed by atoms with Gasteiger partial charge in [0.05, 0.1) is 6.04 Å². The van der Waals surface area contributed by atoms with Crippen LogP contribution in [0, 0.1) is 0 Å². The largest absolute Gasteiger partial charge is 0.298 e. The molecule has 0 N–H and O–H groups in total. The van der Waals surface area contributed by atoms with Gasteiger partial charge in [0, 0.05) is 0 Å². The summed E-state index contributed by atoms with van der Waals surface area (Å²) >= 11 is 0. The molecule has 0 spiro atoms. The van der Waals surface area contributed by atoms with Crippen molar-refractivity contribution in [2.24, 2.45) is 0 Å². The minimum atomic E-state index is -2.17. The van der Waals surface area contributed by atoms with Crippen molar-refractivity contribution in [1.29, 1.82) is 0 Å². The van der Waals surface area contributed by atoms with Gasteiger partial charge < -0.3 is 0 Å². The Morgan fingerprint density at radius 2 is 2.00 bits per heavy atom. The summed E-state index contributed by atoms with van der Waals surface area (Å²) in [5, 5.41) is 0. The zero-order chi connectivity index (χ0) is 8.27. The summed E-state index contributed by atoms with van der Waals surface area (Å²) in [6.45, 7) is 0.828. The second kappa shape index (κ2) is 4.00. The van der Waals surface area contributed by atoms with Gasteiger partial charge in [0.15, 0.2) is 0 Å². The highest BCUT2D eigenvalue weighted by Crippen LogP contribution is 2.19. The lowest BCUT2D eigenvalue weighted by molar-refractivity contribution is 0.0381. The van der Waals surface area contributed by atoms with Crippen molar-refractivity contribution in [2.45, 2.75) is 38.2 Å². The Balaban J connectivity index is 2.45. The molecule has 0 aromatic heterocycles. The topological polar surface area (TPSA) is 3.24 Å². The predicted molar refractivity (Wildman–Crippen MR) is 40.9 cm³/mol. The molecule has 0 bridgehead atoms. The number of likely N-dealkylation sites (tertiary alicyclic amines) is 1. The Morgan fingerprint density at radius 3 is 2.64 bits per heavy atom. The lowest BCUT2D eigenvalue weighted by Crippen LogP contribution is -2.36. The van der Waals surface area contributed by atoms with Crippen molar-refractivity contribution >= 4 is 0 Å². The van der Waals surface area contributed by atoms with E-state index in [1.165, 1.54) is 0 Å². The molecule has 0 radical (unpaired) electrons. The van der Waals surface area contributed by atoms with Crippen molar-refractivity contribution in [3.8, 4) is 0 Å². The summed E-state index contributed by atoms with van der Waals surface area (Å²) in [6.07, 6.45) is 1.62. The number of rotatable bonds is 1. The molecule has 0 unspecified atom stereocenters. The molecule has 1 atom stereocenters. The van der Waals surface area contributed by atoms with Crippen LogP contribution in [-0.2, 0) is 0 Å². The van der Waals surface area contributed by atoms with E-state index in [2.05, 4.69) is 0 Å². The van der Waals surface area contributed by atoms with Gasteiger partial charge in [0.25, 0.3) is 6.43 Å². The van der Waals surface area contributed by atoms with Crippen LogP contribution in [0.2, 0.25) is 0 Å². The zero-order valence-corrected chi connectivity index (χ0v) is 6.89. The molecule has 3 heteroatoms. The molecule has 0 saturated carbocycles. The van der Waals surface area contributed by atoms with E-state index in [0.29, 0.717) is 6.42 Å². The van der Waals surface area contributed by atoms with Crippen molar-refractivity contribution in [3.05, 3.63) is 0 Å². The minimum absolute atomic E-state index is 0.488. The summed E-state index contributed by atoms with van der Waals surface area (Å²) < 4.78 is 24.6. The Hall–Kier alpha value is -0.180. The first-order chi connectivity index (χ1) is 5.22. The quantitative estimate of drug-likeness (QED) is 0.572. The Bertz CT molecular complexity index is 117. The Labute approximate surface area is 66.4 Å². The first kappa shape index (κ1) is 8.91. The molecule has 0 aliphatic carbocycles. The molecule has 0 aromatic carbocycles. The number of alkyl halides is 2. The summed E-state index contributed by atoms with van der Waals surface area (Å²) in [5.41, 5.74) is 0. The van der Waals surface area contributed by atoms with Crippen LogP contribution in [0.15, 0.2) is 0 Å². The van der Waals surface area contributed by atoms with Crippen molar-refractivity contribution in [3.63, 3.8) is 0 Å². The molecule has 0 amide bonds. The van der Waals surface area contributed by atoms with Crippen molar-refractivity contribution in [1.82, 2.24) is 4.90 Å². The molecule has 1 nitrogen and oxygen atoms in total. The van der Waals surface area contributed by atoms with E-state index in [9.17, 15) is 8.78 Å². The molecule has 1 saturated heterocycles. The summed E-state index contributed by atoms with van der Waals surface area (Å²) in [4.78, 5) is 1.79. The molecule has 1 aliphatic heterocycles. The molecule has 1 aliphatic rings. The molecule has 11 heavy (non-hydrogen) atoms. The highest BCUT2D eigenvalue weighted by molar-refractivity contribution is 4.74. The van der Waals surface area contributed by atoms with E-state index in [1.807, 2.05) is 0 Å². The molecule has 66 valence electrons. The van der Waals surface area contributed by atoms with Gasteiger partial charge in [-0.2, -0.15) is 0 Å². The monoisotopic (exact) mass is 163 g/mol. The van der Waals surface area contributed by atoms with Crippen LogP contribution in [-0.4, -0.2) is 31.0 Å². The standard InChI is InChI=1S/C8H15F2N/c1-11-6-4-2-3-5-7(11)8(9)10/h7-8H,2-6H2,1H3/t7-/m0/s1. The maximum Gasteiger partial charge on any atom is 0.253 e. The van der Waals surface area contributed by atoms with Crippen LogP contribution in [0.1, 0.15) is 25.7 Å². The highest BCUT2D eigenvalue weighted by atomic mass is 19.3. The number of nitrogens with zero attached hydrogens (tertiary/aromatic N) is 1. The third kappa shape index (κ3) is 2.40. The molecule has 1 fully saturated rings. The Morgan fingerprint density at radius 1 is 1.27 bits per heavy atom. The van der Waals surface area contributed by atoms with E-state index in [1.54, 1.807) is 11.9 Å². The van der Waals surface area contributed by atoms with Gasteiger partial charge in [0.1, 0.15) is 0 Å². The maximum absolute atomic E-state index is 12.3. The van der Waals surface area contributed by atoms with Crippen LogP contribution >= 0.6 is 0 Å². The van der Waals surface area contributed by atoms with Crippen molar-refractivity contribution in [2.75, 3.05) is 13.6 Å². The number of hydrogen-bond acceptors (Lipinski definition) is 1. The molecular weight excluding hydrogens is 148 g/mol. The Kier molecular flexibility index (Phi) is 3.24. The minimum Gasteiger partial charge on any atom is -0.298 e. The second-order valence-corrected chi connectivity index (χ2v) is 3.23. The second-order valence-electron chi connectivity index (χ2n) is 3.23. The molecular formula is C8H15F2N. The lowest BCUT2D eigenvalue weighted by atomic mass is 10.1. The molecule has 1 rings (SSSR count). The lowest BCUT2D eigenvalue weighted by Gasteiger charge is -2.24. The number of hydrogen-bond donors (Lipinski definition) is 0. The van der Waals surface area contributed by atoms with Gasteiger partial charge in [-0.25, -0.2) is 8.78 Å². The fourth-order valence-electron chi connectivity index (χ4n) is 1.60. The van der Waals surface area contributed by atoms with Gasteiger partial charge in [-0.3, -0.25) is 4.90 Å². The third-order valence-electron chi connectivity index (χ3n) is 2.37.